The van der Waals surface area contributed by atoms with Crippen LogP contribution in [0.5, 0.6) is 0 Å². The summed E-state index contributed by atoms with van der Waals surface area (Å²) in [5, 5.41) is 8.40. The molecule has 0 spiro atoms. The van der Waals surface area contributed by atoms with Crippen LogP contribution in [0, 0.1) is 0 Å². The standard InChI is InChI=1S/C28H29N5O2/c1-2-31-16-18-32(19-17-31)20-21-12-14-22(15-13-21)29-27(34)26-24-10-6-7-11-25(24)28(35)33(30-26)23-8-4-3-5-9-23/h3-15H,2,16-20H2,1H3,(H,29,34). The van der Waals surface area contributed by atoms with Crippen molar-refractivity contribution in [3.05, 3.63) is 100 Å². The Morgan fingerprint density at radius 1 is 0.829 bits per heavy atom. The van der Waals surface area contributed by atoms with Crippen LogP contribution in [-0.4, -0.2) is 58.2 Å². The van der Waals surface area contributed by atoms with Gasteiger partial charge >= 0.3 is 0 Å². The van der Waals surface area contributed by atoms with Crippen molar-refractivity contribution in [2.45, 2.75) is 13.5 Å². The van der Waals surface area contributed by atoms with Crippen molar-refractivity contribution < 1.29 is 4.79 Å². The summed E-state index contributed by atoms with van der Waals surface area (Å²) in [7, 11) is 0. The monoisotopic (exact) mass is 467 g/mol. The van der Waals surface area contributed by atoms with E-state index >= 15 is 0 Å². The van der Waals surface area contributed by atoms with Gasteiger partial charge in [-0.1, -0.05) is 55.5 Å². The lowest BCUT2D eigenvalue weighted by Crippen LogP contribution is -2.45. The Bertz CT molecular complexity index is 1370. The number of anilines is 1. The van der Waals surface area contributed by atoms with Crippen LogP contribution >= 0.6 is 0 Å². The van der Waals surface area contributed by atoms with Crippen molar-refractivity contribution in [2.75, 3.05) is 38.0 Å². The van der Waals surface area contributed by atoms with E-state index in [-0.39, 0.29) is 17.2 Å². The lowest BCUT2D eigenvalue weighted by atomic mass is 10.1. The smallest absolute Gasteiger partial charge is 0.279 e. The normalized spacial score (nSPS) is 14.8. The van der Waals surface area contributed by atoms with E-state index in [0.717, 1.165) is 39.3 Å². The molecule has 2 heterocycles. The van der Waals surface area contributed by atoms with Gasteiger partial charge in [-0.15, -0.1) is 0 Å². The number of carbonyl (C=O) groups excluding carboxylic acids is 1. The SMILES string of the molecule is CCN1CCN(Cc2ccc(NC(=O)c3nn(-c4ccccc4)c(=O)c4ccccc34)cc2)CC1. The molecule has 35 heavy (non-hydrogen) atoms. The molecule has 178 valence electrons. The number of benzene rings is 3. The van der Waals surface area contributed by atoms with Crippen LogP contribution < -0.4 is 10.9 Å². The predicted octanol–water partition coefficient (Wildman–Crippen LogP) is 3.78. The Labute approximate surface area is 204 Å². The third-order valence-corrected chi connectivity index (χ3v) is 6.55. The molecule has 1 fully saturated rings. The van der Waals surface area contributed by atoms with Gasteiger partial charge < -0.3 is 10.2 Å². The van der Waals surface area contributed by atoms with Crippen molar-refractivity contribution >= 4 is 22.4 Å². The second-order valence-corrected chi connectivity index (χ2v) is 8.81. The summed E-state index contributed by atoms with van der Waals surface area (Å²) in [4.78, 5) is 31.3. The molecular formula is C28H29N5O2. The lowest BCUT2D eigenvalue weighted by molar-refractivity contribution is 0.102. The topological polar surface area (TPSA) is 70.5 Å². The number of aromatic nitrogens is 2. The van der Waals surface area contributed by atoms with Crippen LogP contribution in [0.25, 0.3) is 16.5 Å². The Kier molecular flexibility index (Phi) is 6.70. The molecule has 0 saturated carbocycles. The quantitative estimate of drug-likeness (QED) is 0.467. The fourth-order valence-electron chi connectivity index (χ4n) is 4.51. The zero-order chi connectivity index (χ0) is 24.2. The van der Waals surface area contributed by atoms with Crippen LogP contribution in [0.15, 0.2) is 83.7 Å². The van der Waals surface area contributed by atoms with Gasteiger partial charge in [-0.25, -0.2) is 0 Å². The number of para-hydroxylation sites is 1. The van der Waals surface area contributed by atoms with E-state index in [1.165, 1.54) is 10.2 Å². The molecule has 0 aliphatic carbocycles. The lowest BCUT2D eigenvalue weighted by Gasteiger charge is -2.34. The first-order valence-electron chi connectivity index (χ1n) is 12.0. The fourth-order valence-corrected chi connectivity index (χ4v) is 4.51. The highest BCUT2D eigenvalue weighted by molar-refractivity contribution is 6.11. The van der Waals surface area contributed by atoms with E-state index < -0.39 is 0 Å². The number of fused-ring (bicyclic) bond motifs is 1. The van der Waals surface area contributed by atoms with Crippen LogP contribution in [0.3, 0.4) is 0 Å². The summed E-state index contributed by atoms with van der Waals surface area (Å²) in [6.45, 7) is 8.57. The number of carbonyl (C=O) groups is 1. The third kappa shape index (κ3) is 5.01. The highest BCUT2D eigenvalue weighted by atomic mass is 16.2. The third-order valence-electron chi connectivity index (χ3n) is 6.55. The summed E-state index contributed by atoms with van der Waals surface area (Å²) in [5.74, 6) is -0.352. The molecule has 1 aliphatic rings. The van der Waals surface area contributed by atoms with Gasteiger partial charge in [0.2, 0.25) is 0 Å². The maximum absolute atomic E-state index is 13.3. The number of hydrogen-bond donors (Lipinski definition) is 1. The number of nitrogens with one attached hydrogen (secondary N) is 1. The number of hydrogen-bond acceptors (Lipinski definition) is 5. The highest BCUT2D eigenvalue weighted by Crippen LogP contribution is 2.18. The first-order valence-corrected chi connectivity index (χ1v) is 12.0. The summed E-state index contributed by atoms with van der Waals surface area (Å²) < 4.78 is 1.29. The number of piperazine rings is 1. The highest BCUT2D eigenvalue weighted by Gasteiger charge is 2.18. The van der Waals surface area contributed by atoms with E-state index in [0.29, 0.717) is 22.1 Å². The number of likely N-dealkylation sites (N-methyl/N-ethyl adjacent to an activating group) is 1. The minimum Gasteiger partial charge on any atom is -0.321 e. The Morgan fingerprint density at radius 3 is 2.14 bits per heavy atom. The van der Waals surface area contributed by atoms with Crippen molar-refractivity contribution in [3.63, 3.8) is 0 Å². The maximum Gasteiger partial charge on any atom is 0.279 e. The number of nitrogens with zero attached hydrogens (tertiary/aromatic N) is 4. The van der Waals surface area contributed by atoms with Gasteiger partial charge in [-0.2, -0.15) is 9.78 Å². The summed E-state index contributed by atoms with van der Waals surface area (Å²) in [5.41, 5.74) is 2.47. The van der Waals surface area contributed by atoms with E-state index in [9.17, 15) is 9.59 Å². The molecule has 1 aliphatic heterocycles. The molecule has 5 rings (SSSR count). The van der Waals surface area contributed by atoms with Gasteiger partial charge in [0.15, 0.2) is 5.69 Å². The molecule has 1 aromatic heterocycles. The Hall–Kier alpha value is -3.81. The molecular weight excluding hydrogens is 438 g/mol. The Balaban J connectivity index is 1.36. The van der Waals surface area contributed by atoms with Gasteiger partial charge in [0.05, 0.1) is 11.1 Å². The van der Waals surface area contributed by atoms with Gasteiger partial charge in [0.25, 0.3) is 11.5 Å². The fraction of sp³-hybridized carbons (Fsp3) is 0.250. The van der Waals surface area contributed by atoms with Gasteiger partial charge in [-0.05, 0) is 42.4 Å². The molecule has 0 bridgehead atoms. The second-order valence-electron chi connectivity index (χ2n) is 8.81. The minimum absolute atomic E-state index is 0.210. The zero-order valence-electron chi connectivity index (χ0n) is 19.9. The molecule has 0 unspecified atom stereocenters. The van der Waals surface area contributed by atoms with Gasteiger partial charge in [0.1, 0.15) is 0 Å². The molecule has 7 heteroatoms. The molecule has 1 amide bonds. The molecule has 1 N–H and O–H groups in total. The molecule has 3 aromatic carbocycles. The minimum atomic E-state index is -0.352. The molecule has 0 atom stereocenters. The van der Waals surface area contributed by atoms with E-state index in [1.54, 1.807) is 30.3 Å². The molecule has 0 radical (unpaired) electrons. The van der Waals surface area contributed by atoms with Crippen molar-refractivity contribution in [2.24, 2.45) is 0 Å². The van der Waals surface area contributed by atoms with Crippen LogP contribution in [0.4, 0.5) is 5.69 Å². The molecule has 7 nitrogen and oxygen atoms in total. The average molecular weight is 468 g/mol. The zero-order valence-corrected chi connectivity index (χ0v) is 19.9. The van der Waals surface area contributed by atoms with Crippen LogP contribution in [0.1, 0.15) is 23.0 Å². The Morgan fingerprint density at radius 2 is 1.46 bits per heavy atom. The molecule has 4 aromatic rings. The summed E-state index contributed by atoms with van der Waals surface area (Å²) >= 11 is 0. The van der Waals surface area contributed by atoms with Gasteiger partial charge in [-0.3, -0.25) is 14.5 Å². The summed E-state index contributed by atoms with van der Waals surface area (Å²) in [6.07, 6.45) is 0. The second kappa shape index (κ2) is 10.2. The van der Waals surface area contributed by atoms with Crippen molar-refractivity contribution in [3.8, 4) is 5.69 Å². The first kappa shape index (κ1) is 23.0. The van der Waals surface area contributed by atoms with Crippen LogP contribution in [0.2, 0.25) is 0 Å². The van der Waals surface area contributed by atoms with Crippen molar-refractivity contribution in [1.29, 1.82) is 0 Å². The van der Waals surface area contributed by atoms with Gasteiger partial charge in [0, 0.05) is 43.8 Å². The molecule has 1 saturated heterocycles. The average Bonchev–Trinajstić information content (AvgIpc) is 2.91. The van der Waals surface area contributed by atoms with Crippen LogP contribution in [-0.2, 0) is 6.54 Å². The maximum atomic E-state index is 13.3. The number of rotatable bonds is 6. The first-order chi connectivity index (χ1) is 17.1. The van der Waals surface area contributed by atoms with E-state index in [4.69, 9.17) is 0 Å². The largest absolute Gasteiger partial charge is 0.321 e. The van der Waals surface area contributed by atoms with E-state index in [1.807, 2.05) is 36.4 Å². The van der Waals surface area contributed by atoms with E-state index in [2.05, 4.69) is 39.3 Å². The van der Waals surface area contributed by atoms with Crippen molar-refractivity contribution in [1.82, 2.24) is 19.6 Å². The summed E-state index contributed by atoms with van der Waals surface area (Å²) in [6, 6.07) is 24.2. The number of amides is 1. The predicted molar refractivity (Wildman–Crippen MR) is 139 cm³/mol.